The Balaban J connectivity index is 1.61. The van der Waals surface area contributed by atoms with Gasteiger partial charge in [0, 0.05) is 38.6 Å². The van der Waals surface area contributed by atoms with Crippen molar-refractivity contribution in [3.8, 4) is 0 Å². The van der Waals surface area contributed by atoms with Gasteiger partial charge in [0.15, 0.2) is 0 Å². The van der Waals surface area contributed by atoms with E-state index in [1.165, 1.54) is 28.6 Å². The SMILES string of the molecule is O=C(c1cc[nH]c1)N1CCN(S(=O)(=O)Cc2ccc(F)cc2)CC1. The van der Waals surface area contributed by atoms with Crippen molar-refractivity contribution in [1.29, 1.82) is 0 Å². The van der Waals surface area contributed by atoms with Crippen LogP contribution in [0.3, 0.4) is 0 Å². The maximum Gasteiger partial charge on any atom is 0.255 e. The lowest BCUT2D eigenvalue weighted by Gasteiger charge is -2.33. The molecule has 1 aliphatic heterocycles. The monoisotopic (exact) mass is 351 g/mol. The topological polar surface area (TPSA) is 73.5 Å². The molecule has 0 atom stereocenters. The number of H-pyrrole nitrogens is 1. The van der Waals surface area contributed by atoms with Crippen LogP contribution in [-0.2, 0) is 15.8 Å². The Kier molecular flexibility index (Phi) is 4.68. The molecule has 8 heteroatoms. The quantitative estimate of drug-likeness (QED) is 0.906. The molecule has 1 fully saturated rings. The summed E-state index contributed by atoms with van der Waals surface area (Å²) >= 11 is 0. The van der Waals surface area contributed by atoms with Gasteiger partial charge in [0.05, 0.1) is 11.3 Å². The lowest BCUT2D eigenvalue weighted by atomic mass is 10.2. The molecule has 2 heterocycles. The normalized spacial score (nSPS) is 16.3. The van der Waals surface area contributed by atoms with Crippen LogP contribution in [0.4, 0.5) is 4.39 Å². The van der Waals surface area contributed by atoms with Crippen LogP contribution in [-0.4, -0.2) is 54.7 Å². The average Bonchev–Trinajstić information content (AvgIpc) is 3.11. The molecule has 0 saturated carbocycles. The summed E-state index contributed by atoms with van der Waals surface area (Å²) in [6, 6.07) is 7.13. The average molecular weight is 351 g/mol. The van der Waals surface area contributed by atoms with Crippen LogP contribution in [0.5, 0.6) is 0 Å². The Bertz CT molecular complexity index is 796. The molecule has 3 rings (SSSR count). The van der Waals surface area contributed by atoms with Crippen LogP contribution in [0, 0.1) is 5.82 Å². The van der Waals surface area contributed by atoms with Crippen LogP contribution in [0.2, 0.25) is 0 Å². The second kappa shape index (κ2) is 6.74. The van der Waals surface area contributed by atoms with E-state index in [1.54, 1.807) is 23.4 Å². The van der Waals surface area contributed by atoms with E-state index in [4.69, 9.17) is 0 Å². The summed E-state index contributed by atoms with van der Waals surface area (Å²) in [6.07, 6.45) is 3.30. The minimum absolute atomic E-state index is 0.105. The molecule has 1 amide bonds. The van der Waals surface area contributed by atoms with Crippen molar-refractivity contribution in [2.45, 2.75) is 5.75 Å². The van der Waals surface area contributed by atoms with Crippen molar-refractivity contribution in [3.63, 3.8) is 0 Å². The van der Waals surface area contributed by atoms with Crippen LogP contribution < -0.4 is 0 Å². The minimum Gasteiger partial charge on any atom is -0.367 e. The van der Waals surface area contributed by atoms with E-state index < -0.39 is 15.8 Å². The van der Waals surface area contributed by atoms with E-state index >= 15 is 0 Å². The largest absolute Gasteiger partial charge is 0.367 e. The van der Waals surface area contributed by atoms with Crippen molar-refractivity contribution in [3.05, 3.63) is 59.7 Å². The van der Waals surface area contributed by atoms with Gasteiger partial charge >= 0.3 is 0 Å². The summed E-state index contributed by atoms with van der Waals surface area (Å²) in [6.45, 7) is 1.23. The summed E-state index contributed by atoms with van der Waals surface area (Å²) in [5.41, 5.74) is 1.11. The number of nitrogens with zero attached hydrogens (tertiary/aromatic N) is 2. The number of piperazine rings is 1. The molecule has 0 unspecified atom stereocenters. The van der Waals surface area contributed by atoms with Gasteiger partial charge < -0.3 is 9.88 Å². The van der Waals surface area contributed by atoms with E-state index in [1.807, 2.05) is 0 Å². The van der Waals surface area contributed by atoms with E-state index in [0.717, 1.165) is 0 Å². The van der Waals surface area contributed by atoms with Crippen molar-refractivity contribution in [2.75, 3.05) is 26.2 Å². The summed E-state index contributed by atoms with van der Waals surface area (Å²) in [7, 11) is -3.49. The number of benzene rings is 1. The maximum absolute atomic E-state index is 12.9. The molecule has 2 aromatic rings. The van der Waals surface area contributed by atoms with Crippen LogP contribution in [0.1, 0.15) is 15.9 Å². The number of hydrogen-bond donors (Lipinski definition) is 1. The smallest absolute Gasteiger partial charge is 0.255 e. The minimum atomic E-state index is -3.49. The molecule has 1 N–H and O–H groups in total. The Hall–Kier alpha value is -2.19. The van der Waals surface area contributed by atoms with E-state index in [-0.39, 0.29) is 24.7 Å². The Labute approximate surface area is 139 Å². The van der Waals surface area contributed by atoms with Crippen LogP contribution >= 0.6 is 0 Å². The van der Waals surface area contributed by atoms with Gasteiger partial charge in [-0.2, -0.15) is 4.31 Å². The second-order valence-electron chi connectivity index (χ2n) is 5.67. The van der Waals surface area contributed by atoms with Gasteiger partial charge in [-0.1, -0.05) is 12.1 Å². The maximum atomic E-state index is 12.9. The second-order valence-corrected chi connectivity index (χ2v) is 7.64. The molecule has 24 heavy (non-hydrogen) atoms. The number of sulfonamides is 1. The first-order valence-electron chi connectivity index (χ1n) is 7.60. The summed E-state index contributed by atoms with van der Waals surface area (Å²) in [5.74, 6) is -0.668. The van der Waals surface area contributed by atoms with Gasteiger partial charge in [0.25, 0.3) is 5.91 Å². The number of hydrogen-bond acceptors (Lipinski definition) is 3. The number of nitrogens with one attached hydrogen (secondary N) is 1. The molecular weight excluding hydrogens is 333 g/mol. The highest BCUT2D eigenvalue weighted by molar-refractivity contribution is 7.88. The Morgan fingerprint density at radius 3 is 2.33 bits per heavy atom. The predicted molar refractivity (Wildman–Crippen MR) is 87.3 cm³/mol. The number of aromatic nitrogens is 1. The van der Waals surface area contributed by atoms with Gasteiger partial charge in [0.1, 0.15) is 5.82 Å². The van der Waals surface area contributed by atoms with E-state index in [0.29, 0.717) is 24.2 Å². The van der Waals surface area contributed by atoms with Gasteiger partial charge in [-0.3, -0.25) is 4.79 Å². The van der Waals surface area contributed by atoms with Gasteiger partial charge in [0.2, 0.25) is 10.0 Å². The fourth-order valence-corrected chi connectivity index (χ4v) is 4.21. The van der Waals surface area contributed by atoms with E-state index in [2.05, 4.69) is 4.98 Å². The molecular formula is C16H18FN3O3S. The Morgan fingerprint density at radius 1 is 1.08 bits per heavy atom. The highest BCUT2D eigenvalue weighted by Gasteiger charge is 2.29. The van der Waals surface area contributed by atoms with Crippen molar-refractivity contribution in [1.82, 2.24) is 14.2 Å². The number of rotatable bonds is 4. The van der Waals surface area contributed by atoms with E-state index in [9.17, 15) is 17.6 Å². The summed E-state index contributed by atoms with van der Waals surface area (Å²) < 4.78 is 39.2. The zero-order valence-electron chi connectivity index (χ0n) is 13.0. The summed E-state index contributed by atoms with van der Waals surface area (Å²) in [5, 5.41) is 0. The molecule has 6 nitrogen and oxygen atoms in total. The van der Waals surface area contributed by atoms with Crippen molar-refractivity contribution in [2.24, 2.45) is 0 Å². The van der Waals surface area contributed by atoms with Gasteiger partial charge in [-0.05, 0) is 23.8 Å². The molecule has 1 aromatic carbocycles. The number of aromatic amines is 1. The third-order valence-corrected chi connectivity index (χ3v) is 5.88. The summed E-state index contributed by atoms with van der Waals surface area (Å²) in [4.78, 5) is 16.7. The first kappa shape index (κ1) is 16.7. The number of carbonyl (C=O) groups excluding carboxylic acids is 1. The zero-order valence-corrected chi connectivity index (χ0v) is 13.8. The lowest BCUT2D eigenvalue weighted by molar-refractivity contribution is 0.0698. The number of halogens is 1. The highest BCUT2D eigenvalue weighted by Crippen LogP contribution is 2.15. The van der Waals surface area contributed by atoms with Crippen molar-refractivity contribution < 1.29 is 17.6 Å². The molecule has 0 aliphatic carbocycles. The fourth-order valence-electron chi connectivity index (χ4n) is 2.69. The van der Waals surface area contributed by atoms with Crippen LogP contribution in [0.25, 0.3) is 0 Å². The molecule has 128 valence electrons. The zero-order chi connectivity index (χ0) is 17.2. The number of carbonyl (C=O) groups is 1. The van der Waals surface area contributed by atoms with Crippen LogP contribution in [0.15, 0.2) is 42.7 Å². The predicted octanol–water partition coefficient (Wildman–Crippen LogP) is 1.44. The highest BCUT2D eigenvalue weighted by atomic mass is 32.2. The first-order valence-corrected chi connectivity index (χ1v) is 9.21. The first-order chi connectivity index (χ1) is 11.5. The van der Waals surface area contributed by atoms with Gasteiger partial charge in [-0.15, -0.1) is 0 Å². The molecule has 0 radical (unpaired) electrons. The lowest BCUT2D eigenvalue weighted by Crippen LogP contribution is -2.50. The Morgan fingerprint density at radius 2 is 1.75 bits per heavy atom. The third kappa shape index (κ3) is 3.65. The fraction of sp³-hybridized carbons (Fsp3) is 0.312. The molecule has 1 saturated heterocycles. The standard InChI is InChI=1S/C16H18FN3O3S/c17-15-3-1-13(2-4-15)12-24(22,23)20-9-7-19(8-10-20)16(21)14-5-6-18-11-14/h1-6,11,18H,7-10,12H2. The molecule has 0 spiro atoms. The van der Waals surface area contributed by atoms with Gasteiger partial charge in [-0.25, -0.2) is 12.8 Å². The molecule has 0 bridgehead atoms. The third-order valence-electron chi connectivity index (χ3n) is 4.03. The number of amides is 1. The van der Waals surface area contributed by atoms with Crippen molar-refractivity contribution >= 4 is 15.9 Å². The molecule has 1 aromatic heterocycles. The molecule has 1 aliphatic rings.